The summed E-state index contributed by atoms with van der Waals surface area (Å²) < 4.78 is 0. The first-order chi connectivity index (χ1) is 14.5. The van der Waals surface area contributed by atoms with Crippen molar-refractivity contribution in [2.45, 2.75) is 25.8 Å². The number of carbonyl (C=O) groups excluding carboxylic acids is 3. The van der Waals surface area contributed by atoms with Crippen molar-refractivity contribution in [3.8, 4) is 0 Å². The first-order valence-corrected chi connectivity index (χ1v) is 10.2. The molecule has 0 bridgehead atoms. The zero-order valence-electron chi connectivity index (χ0n) is 17.5. The van der Waals surface area contributed by atoms with Crippen molar-refractivity contribution < 1.29 is 14.4 Å². The predicted molar refractivity (Wildman–Crippen MR) is 117 cm³/mol. The van der Waals surface area contributed by atoms with Crippen LogP contribution in [0.4, 0.5) is 11.4 Å². The number of amides is 3. The number of rotatable bonds is 8. The van der Waals surface area contributed by atoms with Crippen molar-refractivity contribution in [3.63, 3.8) is 0 Å². The highest BCUT2D eigenvalue weighted by molar-refractivity contribution is 5.96. The molecule has 0 unspecified atom stereocenters. The standard InChI is InChI=1S/C23H28N4O3/c1-24-23(30)18-7-5-17(6-8-18)16-26(2)15-13-21(28)25-19-9-11-20(12-10-19)27-14-3-4-22(27)29/h5-12H,3-4,13-16H2,1-2H3,(H,24,30)(H,25,28). The first-order valence-electron chi connectivity index (χ1n) is 10.2. The SMILES string of the molecule is CNC(=O)c1ccc(CN(C)CCC(=O)Nc2ccc(N3CCCC3=O)cc2)cc1. The van der Waals surface area contributed by atoms with Gasteiger partial charge in [-0.1, -0.05) is 12.1 Å². The molecule has 3 rings (SSSR count). The molecule has 0 atom stereocenters. The summed E-state index contributed by atoms with van der Waals surface area (Å²) in [5.74, 6) is -0.00783. The summed E-state index contributed by atoms with van der Waals surface area (Å²) in [6.45, 7) is 2.06. The van der Waals surface area contributed by atoms with Gasteiger partial charge in [-0.15, -0.1) is 0 Å². The largest absolute Gasteiger partial charge is 0.355 e. The Labute approximate surface area is 177 Å². The van der Waals surface area contributed by atoms with Gasteiger partial charge in [0.25, 0.3) is 5.91 Å². The van der Waals surface area contributed by atoms with Gasteiger partial charge in [-0.25, -0.2) is 0 Å². The Hall–Kier alpha value is -3.19. The Morgan fingerprint density at radius 1 is 1.07 bits per heavy atom. The maximum absolute atomic E-state index is 12.3. The van der Waals surface area contributed by atoms with Crippen LogP contribution < -0.4 is 15.5 Å². The zero-order chi connectivity index (χ0) is 21.5. The van der Waals surface area contributed by atoms with Crippen LogP contribution in [0.5, 0.6) is 0 Å². The van der Waals surface area contributed by atoms with E-state index in [1.54, 1.807) is 24.1 Å². The highest BCUT2D eigenvalue weighted by atomic mass is 16.2. The molecule has 1 aliphatic heterocycles. The second-order valence-corrected chi connectivity index (χ2v) is 7.51. The minimum Gasteiger partial charge on any atom is -0.355 e. The van der Waals surface area contributed by atoms with E-state index in [1.165, 1.54) is 0 Å². The molecule has 7 heteroatoms. The lowest BCUT2D eigenvalue weighted by Gasteiger charge is -2.17. The fraction of sp³-hybridized carbons (Fsp3) is 0.348. The Morgan fingerprint density at radius 2 is 1.77 bits per heavy atom. The molecular weight excluding hydrogens is 380 g/mol. The molecule has 0 radical (unpaired) electrons. The van der Waals surface area contributed by atoms with Gasteiger partial charge in [0.05, 0.1) is 0 Å². The van der Waals surface area contributed by atoms with Gasteiger partial charge in [-0.05, 0) is 55.4 Å². The number of nitrogens with one attached hydrogen (secondary N) is 2. The maximum Gasteiger partial charge on any atom is 0.251 e. The average molecular weight is 409 g/mol. The lowest BCUT2D eigenvalue weighted by Crippen LogP contribution is -2.24. The number of carbonyl (C=O) groups is 3. The number of hydrogen-bond acceptors (Lipinski definition) is 4. The Bertz CT molecular complexity index is 894. The molecule has 2 aromatic carbocycles. The van der Waals surface area contributed by atoms with Gasteiger partial charge in [-0.3, -0.25) is 14.4 Å². The highest BCUT2D eigenvalue weighted by Gasteiger charge is 2.21. The van der Waals surface area contributed by atoms with Crippen LogP contribution in [0, 0.1) is 0 Å². The zero-order valence-corrected chi connectivity index (χ0v) is 17.5. The second-order valence-electron chi connectivity index (χ2n) is 7.51. The van der Waals surface area contributed by atoms with E-state index in [0.29, 0.717) is 31.5 Å². The van der Waals surface area contributed by atoms with E-state index in [0.717, 1.165) is 29.9 Å². The monoisotopic (exact) mass is 408 g/mol. The predicted octanol–water partition coefficient (Wildman–Crippen LogP) is 2.63. The quantitative estimate of drug-likeness (QED) is 0.704. The Balaban J connectivity index is 1.43. The third-order valence-corrected chi connectivity index (χ3v) is 5.15. The molecule has 30 heavy (non-hydrogen) atoms. The van der Waals surface area contributed by atoms with Gasteiger partial charge < -0.3 is 20.4 Å². The van der Waals surface area contributed by atoms with E-state index in [9.17, 15) is 14.4 Å². The molecule has 2 N–H and O–H groups in total. The summed E-state index contributed by atoms with van der Waals surface area (Å²) in [5, 5.41) is 5.51. The van der Waals surface area contributed by atoms with Gasteiger partial charge in [0, 0.05) is 56.5 Å². The summed E-state index contributed by atoms with van der Waals surface area (Å²) in [7, 11) is 3.57. The van der Waals surface area contributed by atoms with Crippen LogP contribution >= 0.6 is 0 Å². The van der Waals surface area contributed by atoms with E-state index in [1.807, 2.05) is 43.4 Å². The molecular formula is C23H28N4O3. The molecule has 7 nitrogen and oxygen atoms in total. The second kappa shape index (κ2) is 10.0. The molecule has 3 amide bonds. The fourth-order valence-corrected chi connectivity index (χ4v) is 3.46. The van der Waals surface area contributed by atoms with E-state index in [2.05, 4.69) is 15.5 Å². The van der Waals surface area contributed by atoms with Crippen molar-refractivity contribution in [2.24, 2.45) is 0 Å². The van der Waals surface area contributed by atoms with E-state index in [4.69, 9.17) is 0 Å². The van der Waals surface area contributed by atoms with Crippen molar-refractivity contribution in [3.05, 3.63) is 59.7 Å². The Kier molecular flexibility index (Phi) is 7.19. The molecule has 1 fully saturated rings. The third-order valence-electron chi connectivity index (χ3n) is 5.15. The number of hydrogen-bond donors (Lipinski definition) is 2. The molecule has 1 heterocycles. The van der Waals surface area contributed by atoms with Crippen LogP contribution in [-0.4, -0.2) is 49.8 Å². The molecule has 0 saturated carbocycles. The molecule has 158 valence electrons. The van der Waals surface area contributed by atoms with E-state index >= 15 is 0 Å². The number of anilines is 2. The minimum absolute atomic E-state index is 0.0539. The molecule has 0 aromatic heterocycles. The summed E-state index contributed by atoms with van der Waals surface area (Å²) in [5.41, 5.74) is 3.31. The molecule has 1 aliphatic rings. The van der Waals surface area contributed by atoms with Crippen LogP contribution in [0.15, 0.2) is 48.5 Å². The summed E-state index contributed by atoms with van der Waals surface area (Å²) >= 11 is 0. The lowest BCUT2D eigenvalue weighted by atomic mass is 10.1. The topological polar surface area (TPSA) is 81.8 Å². The van der Waals surface area contributed by atoms with Gasteiger partial charge in [-0.2, -0.15) is 0 Å². The van der Waals surface area contributed by atoms with Gasteiger partial charge in [0.1, 0.15) is 0 Å². The smallest absolute Gasteiger partial charge is 0.251 e. The van der Waals surface area contributed by atoms with Crippen LogP contribution in [0.25, 0.3) is 0 Å². The van der Waals surface area contributed by atoms with Gasteiger partial charge in [0.2, 0.25) is 11.8 Å². The van der Waals surface area contributed by atoms with Crippen LogP contribution in [-0.2, 0) is 16.1 Å². The summed E-state index contributed by atoms with van der Waals surface area (Å²) in [4.78, 5) is 39.5. The van der Waals surface area contributed by atoms with Crippen LogP contribution in [0.2, 0.25) is 0 Å². The maximum atomic E-state index is 12.3. The fourth-order valence-electron chi connectivity index (χ4n) is 3.46. The average Bonchev–Trinajstić information content (AvgIpc) is 3.18. The lowest BCUT2D eigenvalue weighted by molar-refractivity contribution is -0.117. The third kappa shape index (κ3) is 5.67. The van der Waals surface area contributed by atoms with Crippen molar-refractivity contribution in [2.75, 3.05) is 37.4 Å². The van der Waals surface area contributed by atoms with Crippen molar-refractivity contribution in [1.82, 2.24) is 10.2 Å². The van der Waals surface area contributed by atoms with Crippen LogP contribution in [0.1, 0.15) is 35.2 Å². The number of nitrogens with zero attached hydrogens (tertiary/aromatic N) is 2. The molecule has 0 spiro atoms. The van der Waals surface area contributed by atoms with Crippen molar-refractivity contribution in [1.29, 1.82) is 0 Å². The van der Waals surface area contributed by atoms with Gasteiger partial charge >= 0.3 is 0 Å². The first kappa shape index (κ1) is 21.5. The van der Waals surface area contributed by atoms with Crippen LogP contribution in [0.3, 0.4) is 0 Å². The highest BCUT2D eigenvalue weighted by Crippen LogP contribution is 2.23. The summed E-state index contributed by atoms with van der Waals surface area (Å²) in [6.07, 6.45) is 1.87. The molecule has 1 saturated heterocycles. The van der Waals surface area contributed by atoms with Gasteiger partial charge in [0.15, 0.2) is 0 Å². The normalized spacial score (nSPS) is 13.6. The van der Waals surface area contributed by atoms with E-state index in [-0.39, 0.29) is 17.7 Å². The number of benzene rings is 2. The Morgan fingerprint density at radius 3 is 2.37 bits per heavy atom. The summed E-state index contributed by atoms with van der Waals surface area (Å²) in [6, 6.07) is 14.8. The van der Waals surface area contributed by atoms with Crippen molar-refractivity contribution >= 4 is 29.1 Å². The molecule has 2 aromatic rings. The minimum atomic E-state index is -0.105. The molecule has 0 aliphatic carbocycles. The van der Waals surface area contributed by atoms with E-state index < -0.39 is 0 Å².